The van der Waals surface area contributed by atoms with Crippen molar-refractivity contribution >= 4 is 36.7 Å². The van der Waals surface area contributed by atoms with E-state index < -0.39 is 43.2 Å². The number of fused-ring (bicyclic) bond motifs is 1. The van der Waals surface area contributed by atoms with Gasteiger partial charge in [0.05, 0.1) is 26.7 Å². The zero-order valence-corrected chi connectivity index (χ0v) is 29.0. The molecule has 48 heavy (non-hydrogen) atoms. The Kier molecular flexibility index (Phi) is 9.90. The largest absolute Gasteiger partial charge is 0.450 e. The summed E-state index contributed by atoms with van der Waals surface area (Å²) in [6.07, 6.45) is 3.12. The van der Waals surface area contributed by atoms with Crippen molar-refractivity contribution in [2.75, 3.05) is 39.2 Å². The molecule has 10 nitrogen and oxygen atoms in total. The van der Waals surface area contributed by atoms with Gasteiger partial charge in [-0.05, 0) is 36.8 Å². The lowest BCUT2D eigenvalue weighted by atomic mass is 9.89. The highest BCUT2D eigenvalue weighted by Gasteiger charge is 2.33. The minimum absolute atomic E-state index is 0.0240. The molecule has 256 valence electrons. The van der Waals surface area contributed by atoms with Crippen LogP contribution in [0.25, 0.3) is 22.2 Å². The zero-order valence-electron chi connectivity index (χ0n) is 28.0. The van der Waals surface area contributed by atoms with Crippen LogP contribution in [0.3, 0.4) is 0 Å². The number of nitrogens with zero attached hydrogens (tertiary/aromatic N) is 3. The van der Waals surface area contributed by atoms with Crippen LogP contribution in [-0.2, 0) is 16.2 Å². The monoisotopic (exact) mass is 683 g/mol. The summed E-state index contributed by atoms with van der Waals surface area (Å²) in [5.41, 5.74) is 0.890. The van der Waals surface area contributed by atoms with Gasteiger partial charge in [-0.25, -0.2) is 22.9 Å². The van der Waals surface area contributed by atoms with Crippen LogP contribution in [-0.4, -0.2) is 74.0 Å². The molecule has 1 atom stereocenters. The molecule has 1 aliphatic rings. The highest BCUT2D eigenvalue weighted by molar-refractivity contribution is 6.77. The Bertz CT molecular complexity index is 1830. The van der Waals surface area contributed by atoms with Crippen molar-refractivity contribution in [2.24, 2.45) is 5.41 Å². The van der Waals surface area contributed by atoms with E-state index in [1.165, 1.54) is 29.3 Å². The summed E-state index contributed by atoms with van der Waals surface area (Å²) in [7, 11) is 1.45. The maximum absolute atomic E-state index is 15.4. The fourth-order valence-electron chi connectivity index (χ4n) is 5.02. The molecule has 2 aromatic carbocycles. The number of pyridine rings is 1. The van der Waals surface area contributed by atoms with Gasteiger partial charge >= 0.3 is 6.03 Å². The Morgan fingerprint density at radius 3 is 2.40 bits per heavy atom. The number of hydrogen-bond donors (Lipinski definition) is 2. The number of nitrogens with one attached hydrogen (secondary N) is 2. The lowest BCUT2D eigenvalue weighted by Crippen LogP contribution is -2.49. The molecule has 4 aromatic rings. The first-order valence-corrected chi connectivity index (χ1v) is 19.0. The van der Waals surface area contributed by atoms with E-state index in [9.17, 15) is 14.0 Å². The molecule has 1 saturated heterocycles. The number of carbonyl (C=O) groups excluding carboxylic acids is 2. The van der Waals surface area contributed by atoms with Gasteiger partial charge in [-0.3, -0.25) is 4.79 Å². The summed E-state index contributed by atoms with van der Waals surface area (Å²) in [5, 5.41) is 5.45. The van der Waals surface area contributed by atoms with Crippen LogP contribution >= 0.6 is 0 Å². The second-order valence-corrected chi connectivity index (χ2v) is 19.3. The van der Waals surface area contributed by atoms with Gasteiger partial charge in [-0.2, -0.15) is 0 Å². The topological polar surface area (TPSA) is 107 Å². The second-order valence-electron chi connectivity index (χ2n) is 13.7. The third-order valence-electron chi connectivity index (χ3n) is 8.31. The summed E-state index contributed by atoms with van der Waals surface area (Å²) in [4.78, 5) is 31.0. The Balaban J connectivity index is 1.52. The molecule has 3 heterocycles. The van der Waals surface area contributed by atoms with E-state index >= 15 is 8.78 Å². The number of aromatic nitrogens is 2. The fraction of sp³-hybridized carbons (Fsp3) is 0.382. The van der Waals surface area contributed by atoms with E-state index in [2.05, 4.69) is 35.3 Å². The van der Waals surface area contributed by atoms with Crippen molar-refractivity contribution in [3.05, 3.63) is 71.8 Å². The van der Waals surface area contributed by atoms with E-state index in [1.807, 2.05) is 13.8 Å². The molecule has 0 bridgehead atoms. The fourth-order valence-corrected chi connectivity index (χ4v) is 5.59. The van der Waals surface area contributed by atoms with Gasteiger partial charge in [-0.15, -0.1) is 0 Å². The van der Waals surface area contributed by atoms with E-state index in [0.29, 0.717) is 41.9 Å². The lowest BCUT2D eigenvalue weighted by molar-refractivity contribution is -0.0974. The van der Waals surface area contributed by atoms with Crippen molar-refractivity contribution in [1.82, 2.24) is 19.8 Å². The second kappa shape index (κ2) is 13.6. The van der Waals surface area contributed by atoms with Gasteiger partial charge in [-0.1, -0.05) is 26.6 Å². The first-order valence-electron chi connectivity index (χ1n) is 15.5. The van der Waals surface area contributed by atoms with Crippen LogP contribution in [0, 0.1) is 22.9 Å². The third kappa shape index (κ3) is 7.66. The Morgan fingerprint density at radius 2 is 1.79 bits per heavy atom. The number of halogens is 3. The summed E-state index contributed by atoms with van der Waals surface area (Å²) < 4.78 is 64.8. The highest BCUT2D eigenvalue weighted by atomic mass is 28.3. The number of hydrogen-bond acceptors (Lipinski definition) is 6. The van der Waals surface area contributed by atoms with Crippen LogP contribution in [0.1, 0.15) is 24.2 Å². The number of carbonyl (C=O) groups is 2. The number of amides is 3. The Labute approximate surface area is 278 Å². The molecule has 5 rings (SSSR count). The molecule has 0 aliphatic carbocycles. The van der Waals surface area contributed by atoms with Gasteiger partial charge in [0.1, 0.15) is 23.9 Å². The molecular formula is C34H40F3N5O5Si. The van der Waals surface area contributed by atoms with Gasteiger partial charge in [0, 0.05) is 73.1 Å². The number of rotatable bonds is 11. The quantitative estimate of drug-likeness (QED) is 0.165. The van der Waals surface area contributed by atoms with E-state index in [1.54, 1.807) is 24.9 Å². The van der Waals surface area contributed by atoms with Crippen molar-refractivity contribution in [2.45, 2.75) is 45.9 Å². The normalized spacial score (nSPS) is 14.7. The minimum atomic E-state index is -1.67. The van der Waals surface area contributed by atoms with E-state index in [4.69, 9.17) is 14.2 Å². The average molecular weight is 684 g/mol. The van der Waals surface area contributed by atoms with Crippen LogP contribution < -0.4 is 15.4 Å². The predicted octanol–water partition coefficient (Wildman–Crippen LogP) is 7.01. The molecule has 1 aliphatic heterocycles. The first-order chi connectivity index (χ1) is 22.5. The van der Waals surface area contributed by atoms with Crippen LogP contribution in [0.5, 0.6) is 11.5 Å². The summed E-state index contributed by atoms with van der Waals surface area (Å²) >= 11 is 0. The predicted molar refractivity (Wildman–Crippen MR) is 179 cm³/mol. The molecule has 0 saturated carbocycles. The smallest absolute Gasteiger partial charge is 0.319 e. The van der Waals surface area contributed by atoms with Crippen molar-refractivity contribution < 1.29 is 37.0 Å². The lowest BCUT2D eigenvalue weighted by Gasteiger charge is -2.37. The number of anilines is 1. The minimum Gasteiger partial charge on any atom is -0.450 e. The number of benzene rings is 2. The average Bonchev–Trinajstić information content (AvgIpc) is 3.38. The maximum Gasteiger partial charge on any atom is 0.319 e. The number of ether oxygens (including phenoxy) is 3. The molecule has 0 spiro atoms. The van der Waals surface area contributed by atoms with Crippen LogP contribution in [0.4, 0.5) is 23.7 Å². The molecule has 0 radical (unpaired) electrons. The van der Waals surface area contributed by atoms with E-state index in [-0.39, 0.29) is 34.9 Å². The van der Waals surface area contributed by atoms with E-state index in [0.717, 1.165) is 18.2 Å². The zero-order chi connectivity index (χ0) is 35.0. The van der Waals surface area contributed by atoms with Crippen molar-refractivity contribution in [1.29, 1.82) is 0 Å². The molecule has 1 fully saturated rings. The standard InChI is InChI=1S/C34H40F3N5O5Si/c1-20(48(5,6)7)46-19-42-15-25(21-10-22(12-23(35)11-21)32(43)41(3)4)29-28(8-9-38-31(29)42)47-30-26(36)13-24(14-27(30)37)40-33(44)39-16-34(2)17-45-18-34/h8-15,20H,16-19H2,1-7H3,(H2,39,40,44). The van der Waals surface area contributed by atoms with Gasteiger partial charge < -0.3 is 34.3 Å². The van der Waals surface area contributed by atoms with Crippen molar-refractivity contribution in [3.63, 3.8) is 0 Å². The summed E-state index contributed by atoms with van der Waals surface area (Å²) in [6, 6.07) is 6.67. The van der Waals surface area contributed by atoms with Crippen LogP contribution in [0.15, 0.2) is 48.8 Å². The molecule has 2 aromatic heterocycles. The summed E-state index contributed by atoms with van der Waals surface area (Å²) in [6.45, 7) is 11.9. The van der Waals surface area contributed by atoms with Gasteiger partial charge in [0.15, 0.2) is 17.4 Å². The van der Waals surface area contributed by atoms with Crippen molar-refractivity contribution in [3.8, 4) is 22.6 Å². The summed E-state index contributed by atoms with van der Waals surface area (Å²) in [5.74, 6) is -3.85. The molecule has 2 N–H and O–H groups in total. The third-order valence-corrected chi connectivity index (χ3v) is 10.9. The maximum atomic E-state index is 15.4. The van der Waals surface area contributed by atoms with Gasteiger partial charge in [0.25, 0.3) is 5.91 Å². The molecule has 14 heteroatoms. The number of urea groups is 1. The Morgan fingerprint density at radius 1 is 1.10 bits per heavy atom. The molecule has 3 amide bonds. The molecule has 1 unspecified atom stereocenters. The van der Waals surface area contributed by atoms with Gasteiger partial charge in [0.2, 0.25) is 0 Å². The molecular weight excluding hydrogens is 643 g/mol. The highest BCUT2D eigenvalue weighted by Crippen LogP contribution is 2.40. The first kappa shape index (κ1) is 34.9. The van der Waals surface area contributed by atoms with Crippen LogP contribution in [0.2, 0.25) is 19.6 Å². The SMILES string of the molecule is CC(OCn1cc(-c2cc(F)cc(C(=O)N(C)C)c2)c2c(Oc3c(F)cc(NC(=O)NCC4(C)COC4)cc3F)ccnc21)[Si](C)(C)C. The Hall–Kier alpha value is -4.40.